The average molecular weight is 332 g/mol. The molecule has 0 saturated heterocycles. The second-order valence-electron chi connectivity index (χ2n) is 5.08. The molecule has 0 aliphatic carbocycles. The fourth-order valence-corrected chi connectivity index (χ4v) is 2.21. The third-order valence-electron chi connectivity index (χ3n) is 3.39. The predicted octanol–water partition coefficient (Wildman–Crippen LogP) is 2.82. The number of carbonyl (C=O) groups is 2. The van der Waals surface area contributed by atoms with Crippen LogP contribution < -0.4 is 10.1 Å². The van der Waals surface area contributed by atoms with Gasteiger partial charge >= 0.3 is 0 Å². The minimum Gasteiger partial charge on any atom is -0.497 e. The molecule has 0 bridgehead atoms. The molecule has 0 unspecified atom stereocenters. The predicted molar refractivity (Wildman–Crippen MR) is 89.9 cm³/mol. The fraction of sp³-hybridized carbons (Fsp3) is 0.222. The molecule has 1 N–H and O–H groups in total. The standard InChI is InChI=1S/C18H18ClNO3/c1-23-16-8-4-13(5-9-16)10-11-20-18(22)17(21)12-14-2-6-15(19)7-3-14/h2-9H,10-12H2,1H3,(H,20,22). The van der Waals surface area contributed by atoms with Crippen molar-refractivity contribution < 1.29 is 14.3 Å². The molecule has 0 aromatic heterocycles. The molecule has 0 atom stereocenters. The molecule has 4 nitrogen and oxygen atoms in total. The Kier molecular flexibility index (Phi) is 6.18. The van der Waals surface area contributed by atoms with Gasteiger partial charge in [0.05, 0.1) is 7.11 Å². The van der Waals surface area contributed by atoms with E-state index in [2.05, 4.69) is 5.32 Å². The van der Waals surface area contributed by atoms with Crippen molar-refractivity contribution in [2.24, 2.45) is 0 Å². The van der Waals surface area contributed by atoms with Crippen LogP contribution in [0.25, 0.3) is 0 Å². The molecule has 0 saturated carbocycles. The van der Waals surface area contributed by atoms with Gasteiger partial charge in [-0.15, -0.1) is 0 Å². The highest BCUT2D eigenvalue weighted by Gasteiger charge is 2.13. The highest BCUT2D eigenvalue weighted by atomic mass is 35.5. The number of benzene rings is 2. The lowest BCUT2D eigenvalue weighted by atomic mass is 10.1. The molecule has 2 aromatic rings. The van der Waals surface area contributed by atoms with Gasteiger partial charge in [0.25, 0.3) is 5.91 Å². The summed E-state index contributed by atoms with van der Waals surface area (Å²) in [6.45, 7) is 0.414. The number of ether oxygens (including phenoxy) is 1. The first-order valence-electron chi connectivity index (χ1n) is 7.27. The van der Waals surface area contributed by atoms with E-state index in [1.54, 1.807) is 31.4 Å². The third-order valence-corrected chi connectivity index (χ3v) is 3.64. The largest absolute Gasteiger partial charge is 0.497 e. The Morgan fingerprint density at radius 2 is 1.61 bits per heavy atom. The maximum absolute atomic E-state index is 11.9. The van der Waals surface area contributed by atoms with Crippen LogP contribution in [0.15, 0.2) is 48.5 Å². The Hall–Kier alpha value is -2.33. The van der Waals surface area contributed by atoms with Crippen LogP contribution in [0, 0.1) is 0 Å². The minimum atomic E-state index is -0.562. The first kappa shape index (κ1) is 17.0. The quantitative estimate of drug-likeness (QED) is 0.794. The zero-order chi connectivity index (χ0) is 16.7. The highest BCUT2D eigenvalue weighted by molar-refractivity contribution is 6.36. The van der Waals surface area contributed by atoms with E-state index in [9.17, 15) is 9.59 Å². The Morgan fingerprint density at radius 1 is 1.00 bits per heavy atom. The zero-order valence-electron chi connectivity index (χ0n) is 12.8. The van der Waals surface area contributed by atoms with Gasteiger partial charge in [0.1, 0.15) is 5.75 Å². The lowest BCUT2D eigenvalue weighted by molar-refractivity contribution is -0.137. The van der Waals surface area contributed by atoms with E-state index in [0.717, 1.165) is 16.9 Å². The molecule has 0 heterocycles. The molecule has 1 amide bonds. The number of ketones is 1. The summed E-state index contributed by atoms with van der Waals surface area (Å²) < 4.78 is 5.08. The first-order valence-corrected chi connectivity index (χ1v) is 7.64. The number of halogens is 1. The van der Waals surface area contributed by atoms with Crippen LogP contribution in [-0.4, -0.2) is 25.3 Å². The first-order chi connectivity index (χ1) is 11.1. The molecule has 2 aromatic carbocycles. The molecule has 23 heavy (non-hydrogen) atoms. The van der Waals surface area contributed by atoms with Gasteiger partial charge in [-0.1, -0.05) is 35.9 Å². The minimum absolute atomic E-state index is 0.0749. The summed E-state index contributed by atoms with van der Waals surface area (Å²) >= 11 is 5.78. The Balaban J connectivity index is 1.77. The van der Waals surface area contributed by atoms with Gasteiger partial charge in [-0.05, 0) is 41.8 Å². The fourth-order valence-electron chi connectivity index (χ4n) is 2.08. The molecule has 0 radical (unpaired) electrons. The summed E-state index contributed by atoms with van der Waals surface area (Å²) in [6, 6.07) is 14.5. The van der Waals surface area contributed by atoms with Crippen LogP contribution in [0.3, 0.4) is 0 Å². The summed E-state index contributed by atoms with van der Waals surface area (Å²) in [6.07, 6.45) is 0.732. The van der Waals surface area contributed by atoms with Crippen molar-refractivity contribution in [3.63, 3.8) is 0 Å². The third kappa shape index (κ3) is 5.42. The monoisotopic (exact) mass is 331 g/mol. The van der Waals surface area contributed by atoms with E-state index < -0.39 is 11.7 Å². The van der Waals surface area contributed by atoms with E-state index in [0.29, 0.717) is 18.0 Å². The van der Waals surface area contributed by atoms with Crippen molar-refractivity contribution in [2.45, 2.75) is 12.8 Å². The van der Waals surface area contributed by atoms with Gasteiger partial charge in [0.2, 0.25) is 5.78 Å². The lowest BCUT2D eigenvalue weighted by Crippen LogP contribution is -2.33. The van der Waals surface area contributed by atoms with Crippen molar-refractivity contribution in [1.82, 2.24) is 5.32 Å². The number of amides is 1. The van der Waals surface area contributed by atoms with Crippen molar-refractivity contribution >= 4 is 23.3 Å². The van der Waals surface area contributed by atoms with Gasteiger partial charge in [0, 0.05) is 18.0 Å². The van der Waals surface area contributed by atoms with Crippen LogP contribution in [0.1, 0.15) is 11.1 Å². The zero-order valence-corrected chi connectivity index (χ0v) is 13.6. The number of rotatable bonds is 7. The molecule has 2 rings (SSSR count). The van der Waals surface area contributed by atoms with Crippen molar-refractivity contribution in [2.75, 3.05) is 13.7 Å². The number of methoxy groups -OCH3 is 1. The van der Waals surface area contributed by atoms with Crippen molar-refractivity contribution in [3.05, 3.63) is 64.7 Å². The Bertz CT molecular complexity index is 666. The number of hydrogen-bond acceptors (Lipinski definition) is 3. The molecule has 0 fully saturated rings. The SMILES string of the molecule is COc1ccc(CCNC(=O)C(=O)Cc2ccc(Cl)cc2)cc1. The van der Waals surface area contributed by atoms with Crippen LogP contribution in [-0.2, 0) is 22.4 Å². The van der Waals surface area contributed by atoms with Gasteiger partial charge in [-0.2, -0.15) is 0 Å². The van der Waals surface area contributed by atoms with E-state index in [1.165, 1.54) is 0 Å². The number of Topliss-reactive ketones (excluding diaryl/α,β-unsaturated/α-hetero) is 1. The average Bonchev–Trinajstić information content (AvgIpc) is 2.57. The Labute approximate surface area is 140 Å². The number of nitrogens with one attached hydrogen (secondary N) is 1. The topological polar surface area (TPSA) is 55.4 Å². The van der Waals surface area contributed by atoms with Crippen molar-refractivity contribution in [1.29, 1.82) is 0 Å². The summed E-state index contributed by atoms with van der Waals surface area (Å²) in [5.74, 6) is -0.230. The van der Waals surface area contributed by atoms with Gasteiger partial charge < -0.3 is 10.1 Å². The van der Waals surface area contributed by atoms with Crippen LogP contribution in [0.2, 0.25) is 5.02 Å². The maximum Gasteiger partial charge on any atom is 0.287 e. The molecule has 0 spiro atoms. The van der Waals surface area contributed by atoms with Crippen molar-refractivity contribution in [3.8, 4) is 5.75 Å². The second kappa shape index (κ2) is 8.34. The highest BCUT2D eigenvalue weighted by Crippen LogP contribution is 2.11. The normalized spacial score (nSPS) is 10.2. The molecule has 120 valence electrons. The van der Waals surface area contributed by atoms with Crippen LogP contribution in [0.5, 0.6) is 5.75 Å². The smallest absolute Gasteiger partial charge is 0.287 e. The van der Waals surface area contributed by atoms with Crippen LogP contribution >= 0.6 is 11.6 Å². The lowest BCUT2D eigenvalue weighted by Gasteiger charge is -2.06. The summed E-state index contributed by atoms with van der Waals surface area (Å²) in [7, 11) is 1.61. The van der Waals surface area contributed by atoms with Gasteiger partial charge in [-0.25, -0.2) is 0 Å². The summed E-state index contributed by atoms with van der Waals surface area (Å²) in [4.78, 5) is 23.7. The number of carbonyl (C=O) groups excluding carboxylic acids is 2. The second-order valence-corrected chi connectivity index (χ2v) is 5.52. The molecular weight excluding hydrogens is 314 g/mol. The van der Waals surface area contributed by atoms with Crippen LogP contribution in [0.4, 0.5) is 0 Å². The Morgan fingerprint density at radius 3 is 2.22 bits per heavy atom. The molecule has 5 heteroatoms. The molecule has 0 aliphatic rings. The summed E-state index contributed by atoms with van der Waals surface area (Å²) in [5, 5.41) is 3.25. The molecule has 0 aliphatic heterocycles. The van der Waals surface area contributed by atoms with E-state index >= 15 is 0 Å². The molecular formula is C18H18ClNO3. The summed E-state index contributed by atoms with van der Waals surface area (Å²) in [5.41, 5.74) is 1.83. The van der Waals surface area contributed by atoms with E-state index in [4.69, 9.17) is 16.3 Å². The van der Waals surface area contributed by atoms with Gasteiger partial charge in [-0.3, -0.25) is 9.59 Å². The van der Waals surface area contributed by atoms with E-state index in [-0.39, 0.29) is 6.42 Å². The maximum atomic E-state index is 11.9. The van der Waals surface area contributed by atoms with E-state index in [1.807, 2.05) is 24.3 Å². The number of hydrogen-bond donors (Lipinski definition) is 1. The van der Waals surface area contributed by atoms with Gasteiger partial charge in [0.15, 0.2) is 0 Å².